The zero-order chi connectivity index (χ0) is 34.4. The number of furan rings is 1. The van der Waals surface area contributed by atoms with Gasteiger partial charge in [-0.15, -0.1) is 0 Å². The molecule has 0 radical (unpaired) electrons. The number of benzene rings is 9. The Morgan fingerprint density at radius 3 is 1.57 bits per heavy atom. The maximum atomic E-state index is 9.48. The van der Waals surface area contributed by atoms with E-state index in [0.29, 0.717) is 22.3 Å². The molecule has 0 atom stereocenters. The van der Waals surface area contributed by atoms with Gasteiger partial charge in [-0.05, 0) is 94.7 Å². The summed E-state index contributed by atoms with van der Waals surface area (Å²) in [5.41, 5.74) is 5.69. The summed E-state index contributed by atoms with van der Waals surface area (Å²) >= 11 is 0. The molecule has 0 aliphatic rings. The van der Waals surface area contributed by atoms with Gasteiger partial charge in [-0.25, -0.2) is 0 Å². The van der Waals surface area contributed by atoms with Crippen LogP contribution in [0.3, 0.4) is 0 Å². The van der Waals surface area contributed by atoms with Crippen molar-refractivity contribution in [2.45, 2.75) is 0 Å². The smallest absolute Gasteiger partial charge is 0.136 e. The molecule has 0 fully saturated rings. The Labute approximate surface area is 277 Å². The summed E-state index contributed by atoms with van der Waals surface area (Å²) < 4.78 is 44.1. The normalized spacial score (nSPS) is 13.0. The Morgan fingerprint density at radius 2 is 0.872 bits per heavy atom. The standard InChI is InChI=1S/C46H28O/c1-2-13-33-28-43-41(27-32(33)12-1)46-40(21-10-22-42(46)47-43)45-38-18-7-5-16-36(38)44(37-17-6-8-19-39(37)45)31-25-23-30(24-26-31)35-20-9-14-29-11-3-4-15-34(29)35/h1-28H/i23D,24D,25D,26D. The Bertz CT molecular complexity index is 2990. The maximum absolute atomic E-state index is 9.48. The van der Waals surface area contributed by atoms with Crippen molar-refractivity contribution in [2.75, 3.05) is 0 Å². The fourth-order valence-corrected chi connectivity index (χ4v) is 7.42. The van der Waals surface area contributed by atoms with Crippen molar-refractivity contribution in [2.24, 2.45) is 0 Å². The highest BCUT2D eigenvalue weighted by atomic mass is 16.3. The van der Waals surface area contributed by atoms with E-state index in [1.807, 2.05) is 97.1 Å². The van der Waals surface area contributed by atoms with Crippen molar-refractivity contribution in [3.63, 3.8) is 0 Å². The van der Waals surface area contributed by atoms with Gasteiger partial charge >= 0.3 is 0 Å². The summed E-state index contributed by atoms with van der Waals surface area (Å²) in [6, 6.07) is 48.5. The van der Waals surface area contributed by atoms with Crippen LogP contribution in [0.1, 0.15) is 5.48 Å². The van der Waals surface area contributed by atoms with Gasteiger partial charge in [0, 0.05) is 10.8 Å². The van der Waals surface area contributed by atoms with E-state index in [9.17, 15) is 5.48 Å². The fourth-order valence-electron chi connectivity index (χ4n) is 7.42. The van der Waals surface area contributed by atoms with Crippen molar-refractivity contribution < 1.29 is 9.90 Å². The van der Waals surface area contributed by atoms with Crippen molar-refractivity contribution in [3.8, 4) is 33.4 Å². The Morgan fingerprint density at radius 1 is 0.362 bits per heavy atom. The molecule has 218 valence electrons. The van der Waals surface area contributed by atoms with Gasteiger partial charge in [-0.3, -0.25) is 0 Å². The zero-order valence-corrected chi connectivity index (χ0v) is 25.3. The largest absolute Gasteiger partial charge is 0.456 e. The lowest BCUT2D eigenvalue weighted by Gasteiger charge is -2.18. The second-order valence-corrected chi connectivity index (χ2v) is 12.1. The molecule has 10 aromatic rings. The molecule has 0 N–H and O–H groups in total. The molecule has 0 aliphatic carbocycles. The van der Waals surface area contributed by atoms with Crippen LogP contribution in [0.2, 0.25) is 0 Å². The minimum atomic E-state index is -0.0585. The molecule has 0 unspecified atom stereocenters. The SMILES string of the molecule is [2H]c1c([2H])c(-c2c3ccccc3c(-c3cccc4oc5cc6ccccc6cc5c34)c3ccccc23)c([2H])c([2H])c1-c1cccc2ccccc12. The zero-order valence-electron chi connectivity index (χ0n) is 29.3. The first-order valence-electron chi connectivity index (χ1n) is 17.9. The number of hydrogen-bond acceptors (Lipinski definition) is 1. The summed E-state index contributed by atoms with van der Waals surface area (Å²) in [7, 11) is 0. The molecule has 0 spiro atoms. The second kappa shape index (κ2) is 10.2. The van der Waals surface area contributed by atoms with Crippen LogP contribution in [0.15, 0.2) is 174 Å². The third-order valence-corrected chi connectivity index (χ3v) is 9.50. The molecule has 9 aromatic carbocycles. The number of fused-ring (bicyclic) bond motifs is 7. The lowest BCUT2D eigenvalue weighted by atomic mass is 9.84. The first-order chi connectivity index (χ1) is 25.0. The molecule has 1 heteroatoms. The summed E-state index contributed by atoms with van der Waals surface area (Å²) in [5, 5.41) is 9.86. The van der Waals surface area contributed by atoms with Crippen molar-refractivity contribution in [1.82, 2.24) is 0 Å². The van der Waals surface area contributed by atoms with Gasteiger partial charge in [0.15, 0.2) is 0 Å². The first kappa shape index (κ1) is 22.3. The van der Waals surface area contributed by atoms with E-state index in [4.69, 9.17) is 4.42 Å². The van der Waals surface area contributed by atoms with E-state index in [2.05, 4.69) is 48.5 Å². The van der Waals surface area contributed by atoms with E-state index in [-0.39, 0.29) is 24.2 Å². The quantitative estimate of drug-likeness (QED) is 0.184. The molecule has 1 nitrogen and oxygen atoms in total. The highest BCUT2D eigenvalue weighted by molar-refractivity contribution is 6.26. The van der Waals surface area contributed by atoms with Crippen molar-refractivity contribution >= 4 is 65.0 Å². The molecule has 1 heterocycles. The molecule has 10 rings (SSSR count). The predicted molar refractivity (Wildman–Crippen MR) is 200 cm³/mol. The summed E-state index contributed by atoms with van der Waals surface area (Å²) in [5.74, 6) is 0. The molecule has 0 saturated carbocycles. The number of hydrogen-bond donors (Lipinski definition) is 0. The molecule has 0 saturated heterocycles. The summed E-state index contributed by atoms with van der Waals surface area (Å²) in [6.45, 7) is 0. The van der Waals surface area contributed by atoms with E-state index < -0.39 is 0 Å². The third kappa shape index (κ3) is 3.97. The molecule has 0 aliphatic heterocycles. The third-order valence-electron chi connectivity index (χ3n) is 9.50. The highest BCUT2D eigenvalue weighted by Crippen LogP contribution is 2.47. The maximum Gasteiger partial charge on any atom is 0.136 e. The van der Waals surface area contributed by atoms with Crippen LogP contribution in [0.4, 0.5) is 0 Å². The van der Waals surface area contributed by atoms with Crippen molar-refractivity contribution in [1.29, 1.82) is 0 Å². The van der Waals surface area contributed by atoms with Crippen LogP contribution in [0.25, 0.3) is 98.4 Å². The molecule has 0 bridgehead atoms. The Hall–Kier alpha value is -6.18. The van der Waals surface area contributed by atoms with Crippen LogP contribution in [0.5, 0.6) is 0 Å². The summed E-state index contributed by atoms with van der Waals surface area (Å²) in [4.78, 5) is 0. The monoisotopic (exact) mass is 600 g/mol. The lowest BCUT2D eigenvalue weighted by molar-refractivity contribution is 0.669. The molecule has 1 aromatic heterocycles. The molecular formula is C46H28O. The van der Waals surface area contributed by atoms with Crippen LogP contribution < -0.4 is 0 Å². The Balaban J connectivity index is 1.30. The molecule has 0 amide bonds. The van der Waals surface area contributed by atoms with Gasteiger partial charge in [0.1, 0.15) is 11.2 Å². The van der Waals surface area contributed by atoms with Gasteiger partial charge in [0.2, 0.25) is 0 Å². The van der Waals surface area contributed by atoms with Crippen LogP contribution in [-0.4, -0.2) is 0 Å². The van der Waals surface area contributed by atoms with Crippen LogP contribution >= 0.6 is 0 Å². The number of rotatable bonds is 3. The molecular weight excluding hydrogens is 569 g/mol. The average Bonchev–Trinajstić information content (AvgIpc) is 3.54. The average molecular weight is 601 g/mol. The van der Waals surface area contributed by atoms with E-state index in [0.717, 1.165) is 76.2 Å². The minimum absolute atomic E-state index is 0.0542. The second-order valence-electron chi connectivity index (χ2n) is 12.1. The highest BCUT2D eigenvalue weighted by Gasteiger charge is 2.20. The van der Waals surface area contributed by atoms with Gasteiger partial charge < -0.3 is 4.42 Å². The predicted octanol–water partition coefficient (Wildman–Crippen LogP) is 13.2. The van der Waals surface area contributed by atoms with E-state index in [1.165, 1.54) is 0 Å². The summed E-state index contributed by atoms with van der Waals surface area (Å²) in [6.07, 6.45) is 0. The van der Waals surface area contributed by atoms with E-state index >= 15 is 0 Å². The van der Waals surface area contributed by atoms with Gasteiger partial charge in [-0.2, -0.15) is 0 Å². The van der Waals surface area contributed by atoms with Crippen LogP contribution in [0, 0.1) is 0 Å². The van der Waals surface area contributed by atoms with Gasteiger partial charge in [-0.1, -0.05) is 152 Å². The van der Waals surface area contributed by atoms with E-state index in [1.54, 1.807) is 0 Å². The fraction of sp³-hybridized carbons (Fsp3) is 0. The van der Waals surface area contributed by atoms with Crippen LogP contribution in [-0.2, 0) is 0 Å². The topological polar surface area (TPSA) is 13.1 Å². The van der Waals surface area contributed by atoms with Crippen molar-refractivity contribution in [3.05, 3.63) is 170 Å². The van der Waals surface area contributed by atoms with Gasteiger partial charge in [0.05, 0.1) is 5.48 Å². The lowest BCUT2D eigenvalue weighted by Crippen LogP contribution is -1.91. The Kier molecular flexibility index (Phi) is 4.83. The first-order valence-corrected chi connectivity index (χ1v) is 15.9. The molecule has 47 heavy (non-hydrogen) atoms. The minimum Gasteiger partial charge on any atom is -0.456 e. The van der Waals surface area contributed by atoms with Gasteiger partial charge in [0.25, 0.3) is 0 Å².